The fraction of sp³-hybridized carbons (Fsp3) is 0.533. The maximum Gasteiger partial charge on any atom is 0.417 e. The van der Waals surface area contributed by atoms with Crippen LogP contribution in [0.25, 0.3) is 0 Å². The van der Waals surface area contributed by atoms with E-state index in [1.807, 2.05) is 0 Å². The lowest BCUT2D eigenvalue weighted by molar-refractivity contribution is -0.139. The number of pyridine rings is 1. The van der Waals surface area contributed by atoms with Crippen LogP contribution in [0.2, 0.25) is 0 Å². The van der Waals surface area contributed by atoms with E-state index in [1.54, 1.807) is 6.92 Å². The van der Waals surface area contributed by atoms with E-state index >= 15 is 0 Å². The van der Waals surface area contributed by atoms with Crippen molar-refractivity contribution in [1.29, 1.82) is 0 Å². The van der Waals surface area contributed by atoms with Crippen LogP contribution in [0, 0.1) is 0 Å². The first-order valence-electron chi connectivity index (χ1n) is 7.69. The van der Waals surface area contributed by atoms with Crippen LogP contribution in [0.15, 0.2) is 23.1 Å². The Kier molecular flexibility index (Phi) is 5.70. The monoisotopic (exact) mass is 361 g/mol. The predicted octanol–water partition coefficient (Wildman–Crippen LogP) is 1.17. The molecule has 138 valence electrons. The minimum Gasteiger partial charge on any atom is -0.450 e. The molecule has 0 bridgehead atoms. The molecule has 1 aromatic heterocycles. The van der Waals surface area contributed by atoms with Gasteiger partial charge >= 0.3 is 12.3 Å². The third kappa shape index (κ3) is 4.74. The standard InChI is InChI=1S/C15H18F3N3O4/c1-2-25-14(24)20-7-5-19(6-8-20)13(23)10-21-9-11(15(16,17)18)3-4-12(21)22/h3-4,9H,2,5-8,10H2,1H3. The summed E-state index contributed by atoms with van der Waals surface area (Å²) in [5.74, 6) is -0.482. The number of hydrogen-bond donors (Lipinski definition) is 0. The van der Waals surface area contributed by atoms with Crippen molar-refractivity contribution in [3.63, 3.8) is 0 Å². The molecule has 1 aliphatic rings. The number of hydrogen-bond acceptors (Lipinski definition) is 4. The van der Waals surface area contributed by atoms with Gasteiger partial charge in [-0.15, -0.1) is 0 Å². The Morgan fingerprint density at radius 2 is 1.72 bits per heavy atom. The Balaban J connectivity index is 2.00. The summed E-state index contributed by atoms with van der Waals surface area (Å²) >= 11 is 0. The molecule has 0 saturated carbocycles. The van der Waals surface area contributed by atoms with Crippen molar-refractivity contribution in [3.05, 3.63) is 34.2 Å². The molecule has 25 heavy (non-hydrogen) atoms. The van der Waals surface area contributed by atoms with Gasteiger partial charge in [0, 0.05) is 38.4 Å². The molecule has 0 atom stereocenters. The van der Waals surface area contributed by atoms with Gasteiger partial charge in [-0.25, -0.2) is 4.79 Å². The molecule has 0 N–H and O–H groups in total. The van der Waals surface area contributed by atoms with E-state index in [9.17, 15) is 27.6 Å². The molecule has 7 nitrogen and oxygen atoms in total. The number of ether oxygens (including phenoxy) is 1. The van der Waals surface area contributed by atoms with Gasteiger partial charge in [-0.3, -0.25) is 9.59 Å². The average molecular weight is 361 g/mol. The number of carbonyl (C=O) groups is 2. The second-order valence-corrected chi connectivity index (χ2v) is 5.45. The molecule has 0 radical (unpaired) electrons. The van der Waals surface area contributed by atoms with E-state index in [1.165, 1.54) is 9.80 Å². The largest absolute Gasteiger partial charge is 0.450 e. The van der Waals surface area contributed by atoms with Gasteiger partial charge in [-0.1, -0.05) is 0 Å². The summed E-state index contributed by atoms with van der Waals surface area (Å²) in [6, 6.07) is 1.47. The molecule has 1 fully saturated rings. The van der Waals surface area contributed by atoms with Gasteiger partial charge in [-0.2, -0.15) is 13.2 Å². The minimum absolute atomic E-state index is 0.228. The van der Waals surface area contributed by atoms with Gasteiger partial charge in [0.25, 0.3) is 5.56 Å². The smallest absolute Gasteiger partial charge is 0.417 e. The zero-order valence-corrected chi connectivity index (χ0v) is 13.6. The van der Waals surface area contributed by atoms with E-state index in [2.05, 4.69) is 0 Å². The highest BCUT2D eigenvalue weighted by Gasteiger charge is 2.31. The van der Waals surface area contributed by atoms with E-state index in [-0.39, 0.29) is 32.8 Å². The second kappa shape index (κ2) is 7.58. The quantitative estimate of drug-likeness (QED) is 0.810. The van der Waals surface area contributed by atoms with E-state index in [4.69, 9.17) is 4.74 Å². The molecule has 1 saturated heterocycles. The molecular formula is C15H18F3N3O4. The molecule has 0 unspecified atom stereocenters. The maximum absolute atomic E-state index is 12.7. The van der Waals surface area contributed by atoms with Crippen LogP contribution < -0.4 is 5.56 Å². The number of aromatic nitrogens is 1. The lowest BCUT2D eigenvalue weighted by atomic mass is 10.2. The van der Waals surface area contributed by atoms with Gasteiger partial charge in [0.2, 0.25) is 5.91 Å². The Bertz CT molecular complexity index is 694. The summed E-state index contributed by atoms with van der Waals surface area (Å²) in [4.78, 5) is 38.4. The Labute approximate surface area is 141 Å². The van der Waals surface area contributed by atoms with Gasteiger partial charge in [0.15, 0.2) is 0 Å². The van der Waals surface area contributed by atoms with Crippen molar-refractivity contribution in [2.45, 2.75) is 19.6 Å². The van der Waals surface area contributed by atoms with Crippen LogP contribution >= 0.6 is 0 Å². The predicted molar refractivity (Wildman–Crippen MR) is 80.9 cm³/mol. The van der Waals surface area contributed by atoms with E-state index < -0.39 is 35.8 Å². The minimum atomic E-state index is -4.59. The van der Waals surface area contributed by atoms with E-state index in [0.717, 1.165) is 10.6 Å². The summed E-state index contributed by atoms with van der Waals surface area (Å²) in [6.07, 6.45) is -4.43. The lowest BCUT2D eigenvalue weighted by Crippen LogP contribution is -2.51. The molecule has 0 aromatic carbocycles. The molecule has 2 heterocycles. The topological polar surface area (TPSA) is 71.8 Å². The normalized spacial score (nSPS) is 15.2. The van der Waals surface area contributed by atoms with Crippen LogP contribution in [0.5, 0.6) is 0 Å². The average Bonchev–Trinajstić information content (AvgIpc) is 2.56. The highest BCUT2D eigenvalue weighted by atomic mass is 19.4. The van der Waals surface area contributed by atoms with Crippen molar-refractivity contribution in [2.75, 3.05) is 32.8 Å². The maximum atomic E-state index is 12.7. The number of amides is 2. The number of alkyl halides is 3. The zero-order chi connectivity index (χ0) is 18.6. The SMILES string of the molecule is CCOC(=O)N1CCN(C(=O)Cn2cc(C(F)(F)F)ccc2=O)CC1. The fourth-order valence-corrected chi connectivity index (χ4v) is 2.42. The van der Waals surface area contributed by atoms with Crippen molar-refractivity contribution in [3.8, 4) is 0 Å². The number of carbonyl (C=O) groups excluding carboxylic acids is 2. The molecule has 2 rings (SSSR count). The van der Waals surface area contributed by atoms with E-state index in [0.29, 0.717) is 12.3 Å². The van der Waals surface area contributed by atoms with Gasteiger partial charge in [-0.05, 0) is 13.0 Å². The second-order valence-electron chi connectivity index (χ2n) is 5.45. The summed E-state index contributed by atoms with van der Waals surface area (Å²) in [7, 11) is 0. The van der Waals surface area contributed by atoms with Crippen LogP contribution in [0.4, 0.5) is 18.0 Å². The summed E-state index contributed by atoms with van der Waals surface area (Å²) in [5.41, 5.74) is -1.68. The first-order valence-corrected chi connectivity index (χ1v) is 7.69. The molecule has 0 spiro atoms. The Morgan fingerprint density at radius 3 is 2.28 bits per heavy atom. The molecule has 0 aliphatic carbocycles. The van der Waals surface area contributed by atoms with Crippen molar-refractivity contribution >= 4 is 12.0 Å². The van der Waals surface area contributed by atoms with Crippen molar-refractivity contribution < 1.29 is 27.5 Å². The van der Waals surface area contributed by atoms with Crippen LogP contribution in [0.1, 0.15) is 12.5 Å². The van der Waals surface area contributed by atoms with Crippen molar-refractivity contribution in [1.82, 2.24) is 14.4 Å². The number of piperazine rings is 1. The highest BCUT2D eigenvalue weighted by Crippen LogP contribution is 2.28. The lowest BCUT2D eigenvalue weighted by Gasteiger charge is -2.34. The van der Waals surface area contributed by atoms with Crippen LogP contribution in [-0.4, -0.2) is 59.2 Å². The summed E-state index contributed by atoms with van der Waals surface area (Å²) < 4.78 is 43.7. The third-order valence-corrected chi connectivity index (χ3v) is 3.77. The highest BCUT2D eigenvalue weighted by molar-refractivity contribution is 5.76. The van der Waals surface area contributed by atoms with Gasteiger partial charge in [0.05, 0.1) is 12.2 Å². The Hall–Kier alpha value is -2.52. The molecule has 1 aliphatic heterocycles. The molecule has 1 aromatic rings. The first-order chi connectivity index (χ1) is 11.7. The summed E-state index contributed by atoms with van der Waals surface area (Å²) in [5, 5.41) is 0. The van der Waals surface area contributed by atoms with Crippen LogP contribution in [0.3, 0.4) is 0 Å². The molecule has 10 heteroatoms. The molecular weight excluding hydrogens is 343 g/mol. The zero-order valence-electron chi connectivity index (χ0n) is 13.6. The number of rotatable bonds is 3. The number of nitrogens with zero attached hydrogens (tertiary/aromatic N) is 3. The van der Waals surface area contributed by atoms with Crippen LogP contribution in [-0.2, 0) is 22.3 Å². The van der Waals surface area contributed by atoms with Gasteiger partial charge in [0.1, 0.15) is 6.54 Å². The number of halogens is 3. The fourth-order valence-electron chi connectivity index (χ4n) is 2.42. The first kappa shape index (κ1) is 18.8. The third-order valence-electron chi connectivity index (χ3n) is 3.77. The molecule has 2 amide bonds. The Morgan fingerprint density at radius 1 is 1.12 bits per heavy atom. The summed E-state index contributed by atoms with van der Waals surface area (Å²) in [6.45, 7) is 2.43. The van der Waals surface area contributed by atoms with Crippen molar-refractivity contribution in [2.24, 2.45) is 0 Å². The van der Waals surface area contributed by atoms with Gasteiger partial charge < -0.3 is 19.1 Å².